The van der Waals surface area contributed by atoms with E-state index in [2.05, 4.69) is 12.1 Å². The van der Waals surface area contributed by atoms with Gasteiger partial charge >= 0.3 is 0 Å². The predicted molar refractivity (Wildman–Crippen MR) is 56.2 cm³/mol. The number of benzene rings is 1. The van der Waals surface area contributed by atoms with Crippen LogP contribution < -0.4 is 0 Å². The molecule has 0 N–H and O–H groups in total. The molecule has 1 aromatic rings. The van der Waals surface area contributed by atoms with Gasteiger partial charge in [-0.05, 0) is 18.6 Å². The second-order valence-corrected chi connectivity index (χ2v) is 2.62. The van der Waals surface area contributed by atoms with E-state index in [1.807, 2.05) is 43.4 Å². The van der Waals surface area contributed by atoms with Gasteiger partial charge < -0.3 is 4.74 Å². The lowest BCUT2D eigenvalue weighted by Crippen LogP contribution is -1.79. The molecule has 68 valence electrons. The van der Waals surface area contributed by atoms with E-state index in [1.165, 1.54) is 5.56 Å². The summed E-state index contributed by atoms with van der Waals surface area (Å²) in [5.41, 5.74) is 1.20. The topological polar surface area (TPSA) is 9.23 Å². The Labute approximate surface area is 79.4 Å². The summed E-state index contributed by atoms with van der Waals surface area (Å²) in [5.74, 6) is 0. The summed E-state index contributed by atoms with van der Waals surface area (Å²) in [6, 6.07) is 10.2. The Morgan fingerprint density at radius 1 is 1.23 bits per heavy atom. The fourth-order valence-electron chi connectivity index (χ4n) is 0.956. The lowest BCUT2D eigenvalue weighted by molar-refractivity contribution is 0.290. The van der Waals surface area contributed by atoms with Crippen LogP contribution in [0.5, 0.6) is 0 Å². The zero-order valence-corrected chi connectivity index (χ0v) is 7.81. The average Bonchev–Trinajstić information content (AvgIpc) is 2.19. The molecule has 0 bridgehead atoms. The molecule has 0 fully saturated rings. The molecule has 0 aliphatic heterocycles. The highest BCUT2D eigenvalue weighted by Gasteiger charge is 1.81. The SMILES string of the molecule is C/C=C/OC/C=C/c1ccccc1. The minimum Gasteiger partial charge on any atom is -0.497 e. The third-order valence-corrected chi connectivity index (χ3v) is 1.53. The van der Waals surface area contributed by atoms with Gasteiger partial charge in [0.1, 0.15) is 6.61 Å². The molecule has 1 rings (SSSR count). The largest absolute Gasteiger partial charge is 0.497 e. The highest BCUT2D eigenvalue weighted by atomic mass is 16.5. The van der Waals surface area contributed by atoms with Gasteiger partial charge in [0.2, 0.25) is 0 Å². The summed E-state index contributed by atoms with van der Waals surface area (Å²) in [4.78, 5) is 0. The van der Waals surface area contributed by atoms with Crippen LogP contribution in [0.25, 0.3) is 6.08 Å². The predicted octanol–water partition coefficient (Wildman–Crippen LogP) is 3.25. The monoisotopic (exact) mass is 174 g/mol. The van der Waals surface area contributed by atoms with Crippen molar-refractivity contribution in [2.45, 2.75) is 6.92 Å². The van der Waals surface area contributed by atoms with Gasteiger partial charge in [0.25, 0.3) is 0 Å². The van der Waals surface area contributed by atoms with Crippen LogP contribution in [0, 0.1) is 0 Å². The lowest BCUT2D eigenvalue weighted by atomic mass is 10.2. The molecule has 0 saturated carbocycles. The lowest BCUT2D eigenvalue weighted by Gasteiger charge is -1.93. The van der Waals surface area contributed by atoms with Crippen molar-refractivity contribution in [2.24, 2.45) is 0 Å². The number of hydrogen-bond acceptors (Lipinski definition) is 1. The Morgan fingerprint density at radius 2 is 2.00 bits per heavy atom. The first-order chi connectivity index (χ1) is 6.43. The van der Waals surface area contributed by atoms with Gasteiger partial charge in [-0.15, -0.1) is 0 Å². The van der Waals surface area contributed by atoms with E-state index >= 15 is 0 Å². The Balaban J connectivity index is 2.32. The first kappa shape index (κ1) is 9.59. The van der Waals surface area contributed by atoms with E-state index in [1.54, 1.807) is 6.26 Å². The first-order valence-electron chi connectivity index (χ1n) is 4.38. The molecule has 0 atom stereocenters. The summed E-state index contributed by atoms with van der Waals surface area (Å²) in [6.07, 6.45) is 7.60. The van der Waals surface area contributed by atoms with Crippen molar-refractivity contribution in [3.05, 3.63) is 54.3 Å². The minimum absolute atomic E-state index is 0.624. The zero-order chi connectivity index (χ0) is 9.36. The molecule has 1 aromatic carbocycles. The van der Waals surface area contributed by atoms with Crippen molar-refractivity contribution in [1.82, 2.24) is 0 Å². The molecule has 0 saturated heterocycles. The molecule has 0 radical (unpaired) electrons. The maximum Gasteiger partial charge on any atom is 0.106 e. The quantitative estimate of drug-likeness (QED) is 0.503. The Hall–Kier alpha value is -1.50. The molecule has 0 unspecified atom stereocenters. The normalized spacial score (nSPS) is 11.2. The molecular formula is C12H14O. The van der Waals surface area contributed by atoms with Crippen molar-refractivity contribution in [2.75, 3.05) is 6.61 Å². The maximum atomic E-state index is 5.14. The summed E-state index contributed by atoms with van der Waals surface area (Å²) in [6.45, 7) is 2.56. The average molecular weight is 174 g/mol. The van der Waals surface area contributed by atoms with Gasteiger partial charge in [0.15, 0.2) is 0 Å². The van der Waals surface area contributed by atoms with Crippen molar-refractivity contribution in [3.8, 4) is 0 Å². The standard InChI is InChI=1S/C12H14O/c1-2-10-13-11-6-9-12-7-4-3-5-8-12/h2-10H,11H2,1H3/b9-6+,10-2+. The molecular weight excluding hydrogens is 160 g/mol. The number of allylic oxidation sites excluding steroid dienone is 1. The fourth-order valence-corrected chi connectivity index (χ4v) is 0.956. The number of rotatable bonds is 4. The molecule has 0 aromatic heterocycles. The summed E-state index contributed by atoms with van der Waals surface area (Å²) in [5, 5.41) is 0. The fraction of sp³-hybridized carbons (Fsp3) is 0.167. The van der Waals surface area contributed by atoms with Crippen molar-refractivity contribution < 1.29 is 4.74 Å². The van der Waals surface area contributed by atoms with Crippen molar-refractivity contribution in [1.29, 1.82) is 0 Å². The molecule has 0 spiro atoms. The van der Waals surface area contributed by atoms with E-state index in [0.717, 1.165) is 0 Å². The van der Waals surface area contributed by atoms with Crippen LogP contribution in [0.1, 0.15) is 12.5 Å². The molecule has 13 heavy (non-hydrogen) atoms. The van der Waals surface area contributed by atoms with Gasteiger partial charge in [0, 0.05) is 0 Å². The molecule has 1 nitrogen and oxygen atoms in total. The van der Waals surface area contributed by atoms with Crippen LogP contribution in [0.2, 0.25) is 0 Å². The van der Waals surface area contributed by atoms with Crippen molar-refractivity contribution >= 4 is 6.08 Å². The van der Waals surface area contributed by atoms with Gasteiger partial charge in [-0.3, -0.25) is 0 Å². The van der Waals surface area contributed by atoms with Crippen LogP contribution in [0.4, 0.5) is 0 Å². The molecule has 0 aliphatic rings. The molecule has 1 heteroatoms. The third-order valence-electron chi connectivity index (χ3n) is 1.53. The van der Waals surface area contributed by atoms with Crippen LogP contribution >= 0.6 is 0 Å². The van der Waals surface area contributed by atoms with E-state index in [9.17, 15) is 0 Å². The second kappa shape index (κ2) is 6.06. The molecule has 0 amide bonds. The summed E-state index contributed by atoms with van der Waals surface area (Å²) < 4.78 is 5.14. The zero-order valence-electron chi connectivity index (χ0n) is 7.81. The number of ether oxygens (including phenoxy) is 1. The van der Waals surface area contributed by atoms with Gasteiger partial charge in [-0.1, -0.05) is 42.5 Å². The molecule has 0 aliphatic carbocycles. The minimum atomic E-state index is 0.624. The first-order valence-corrected chi connectivity index (χ1v) is 4.38. The van der Waals surface area contributed by atoms with E-state index in [-0.39, 0.29) is 0 Å². The summed E-state index contributed by atoms with van der Waals surface area (Å²) in [7, 11) is 0. The van der Waals surface area contributed by atoms with Crippen LogP contribution in [-0.4, -0.2) is 6.61 Å². The third kappa shape index (κ3) is 4.16. The van der Waals surface area contributed by atoms with Crippen molar-refractivity contribution in [3.63, 3.8) is 0 Å². The molecule has 0 heterocycles. The van der Waals surface area contributed by atoms with Crippen LogP contribution in [0.3, 0.4) is 0 Å². The summed E-state index contributed by atoms with van der Waals surface area (Å²) >= 11 is 0. The Kier molecular flexibility index (Phi) is 4.47. The maximum absolute atomic E-state index is 5.14. The van der Waals surface area contributed by atoms with E-state index in [4.69, 9.17) is 4.74 Å². The van der Waals surface area contributed by atoms with Crippen LogP contribution in [-0.2, 0) is 4.74 Å². The van der Waals surface area contributed by atoms with Gasteiger partial charge in [-0.25, -0.2) is 0 Å². The smallest absolute Gasteiger partial charge is 0.106 e. The van der Waals surface area contributed by atoms with Crippen LogP contribution in [0.15, 0.2) is 48.7 Å². The van der Waals surface area contributed by atoms with E-state index in [0.29, 0.717) is 6.61 Å². The van der Waals surface area contributed by atoms with Gasteiger partial charge in [0.05, 0.1) is 6.26 Å². The Morgan fingerprint density at radius 3 is 2.69 bits per heavy atom. The number of hydrogen-bond donors (Lipinski definition) is 0. The van der Waals surface area contributed by atoms with E-state index < -0.39 is 0 Å². The highest BCUT2D eigenvalue weighted by Crippen LogP contribution is 2.00. The Bertz CT molecular complexity index is 272. The highest BCUT2D eigenvalue weighted by molar-refractivity contribution is 5.48. The second-order valence-electron chi connectivity index (χ2n) is 2.62. The van der Waals surface area contributed by atoms with Gasteiger partial charge in [-0.2, -0.15) is 0 Å².